The van der Waals surface area contributed by atoms with Gasteiger partial charge in [-0.25, -0.2) is 9.78 Å². The fourth-order valence-corrected chi connectivity index (χ4v) is 1.64. The average Bonchev–Trinajstić information content (AvgIpc) is 2.72. The summed E-state index contributed by atoms with van der Waals surface area (Å²) in [6.07, 6.45) is 0. The van der Waals surface area contributed by atoms with Crippen molar-refractivity contribution in [3.63, 3.8) is 0 Å². The van der Waals surface area contributed by atoms with Gasteiger partial charge in [-0.1, -0.05) is 0 Å². The lowest BCUT2D eigenvalue weighted by molar-refractivity contribution is -0.151. The average molecular weight is 214 g/mol. The summed E-state index contributed by atoms with van der Waals surface area (Å²) < 4.78 is 5.13. The largest absolute Gasteiger partial charge is 0.379 e. The van der Waals surface area contributed by atoms with Crippen LogP contribution in [-0.4, -0.2) is 42.3 Å². The topological polar surface area (TPSA) is 51.7 Å². The first-order chi connectivity index (χ1) is 6.86. The van der Waals surface area contributed by atoms with Crippen molar-refractivity contribution in [1.29, 1.82) is 0 Å². The summed E-state index contributed by atoms with van der Waals surface area (Å²) in [6, 6.07) is 0. The minimum atomic E-state index is -0.395. The minimum absolute atomic E-state index is 0.362. The highest BCUT2D eigenvalue weighted by Crippen LogP contribution is 2.05. The van der Waals surface area contributed by atoms with Crippen molar-refractivity contribution in [2.75, 3.05) is 26.3 Å². The normalized spacial score (nSPS) is 18.0. The van der Waals surface area contributed by atoms with Gasteiger partial charge in [-0.05, 0) is 0 Å². The molecule has 0 bridgehead atoms. The first kappa shape index (κ1) is 9.57. The van der Waals surface area contributed by atoms with Crippen LogP contribution in [0, 0.1) is 0 Å². The fraction of sp³-hybridized carbons (Fsp3) is 0.500. The summed E-state index contributed by atoms with van der Waals surface area (Å²) in [5.74, 6) is -0.395. The zero-order chi connectivity index (χ0) is 9.80. The highest BCUT2D eigenvalue weighted by Gasteiger charge is 2.17. The van der Waals surface area contributed by atoms with Crippen molar-refractivity contribution in [2.24, 2.45) is 0 Å². The van der Waals surface area contributed by atoms with Gasteiger partial charge in [-0.3, -0.25) is 0 Å². The molecule has 1 aromatic heterocycles. The molecule has 1 aliphatic rings. The summed E-state index contributed by atoms with van der Waals surface area (Å²) in [4.78, 5) is 20.4. The number of carbonyl (C=O) groups is 1. The van der Waals surface area contributed by atoms with Crippen LogP contribution in [0.15, 0.2) is 10.9 Å². The highest BCUT2D eigenvalue weighted by molar-refractivity contribution is 7.07. The molecule has 76 valence electrons. The van der Waals surface area contributed by atoms with Crippen LogP contribution in [0.1, 0.15) is 10.5 Å². The Morgan fingerprint density at radius 3 is 3.00 bits per heavy atom. The molecule has 6 heteroatoms. The van der Waals surface area contributed by atoms with E-state index >= 15 is 0 Å². The molecule has 14 heavy (non-hydrogen) atoms. The predicted octanol–water partition coefficient (Wildman–Crippen LogP) is 0.547. The van der Waals surface area contributed by atoms with Gasteiger partial charge < -0.3 is 9.57 Å². The van der Waals surface area contributed by atoms with Crippen LogP contribution in [-0.2, 0) is 9.57 Å². The second kappa shape index (κ2) is 4.50. The van der Waals surface area contributed by atoms with Gasteiger partial charge in [0, 0.05) is 5.38 Å². The SMILES string of the molecule is O=C(ON1CCOCC1)c1cscn1. The van der Waals surface area contributed by atoms with Crippen molar-refractivity contribution in [3.05, 3.63) is 16.6 Å². The van der Waals surface area contributed by atoms with Crippen LogP contribution in [0.5, 0.6) is 0 Å². The molecule has 0 amide bonds. The summed E-state index contributed by atoms with van der Waals surface area (Å²) >= 11 is 1.37. The van der Waals surface area contributed by atoms with Gasteiger partial charge in [-0.2, -0.15) is 0 Å². The van der Waals surface area contributed by atoms with Crippen molar-refractivity contribution in [3.8, 4) is 0 Å². The van der Waals surface area contributed by atoms with Crippen LogP contribution < -0.4 is 0 Å². The standard InChI is InChI=1S/C8H10N2O3S/c11-8(7-5-14-6-9-7)13-10-1-3-12-4-2-10/h5-6H,1-4H2. The quantitative estimate of drug-likeness (QED) is 0.719. The van der Waals surface area contributed by atoms with Crippen LogP contribution >= 0.6 is 11.3 Å². The molecule has 1 aromatic rings. The molecule has 0 N–H and O–H groups in total. The van der Waals surface area contributed by atoms with Gasteiger partial charge in [0.05, 0.1) is 31.8 Å². The molecule has 0 radical (unpaired) electrons. The number of hydrogen-bond donors (Lipinski definition) is 0. The number of hydrogen-bond acceptors (Lipinski definition) is 6. The maximum absolute atomic E-state index is 11.4. The van der Waals surface area contributed by atoms with E-state index in [1.807, 2.05) is 0 Å². The number of ether oxygens (including phenoxy) is 1. The smallest absolute Gasteiger partial charge is 0.376 e. The first-order valence-corrected chi connectivity index (χ1v) is 5.24. The summed E-state index contributed by atoms with van der Waals surface area (Å²) in [6.45, 7) is 2.44. The first-order valence-electron chi connectivity index (χ1n) is 4.29. The van der Waals surface area contributed by atoms with Gasteiger partial charge >= 0.3 is 5.97 Å². The Morgan fingerprint density at radius 1 is 1.57 bits per heavy atom. The molecule has 0 spiro atoms. The van der Waals surface area contributed by atoms with E-state index in [2.05, 4.69) is 4.98 Å². The van der Waals surface area contributed by atoms with Crippen LogP contribution in [0.2, 0.25) is 0 Å². The van der Waals surface area contributed by atoms with Crippen molar-refractivity contribution >= 4 is 17.3 Å². The van der Waals surface area contributed by atoms with Gasteiger partial charge in [0.15, 0.2) is 5.69 Å². The Labute approximate surface area is 85.2 Å². The van der Waals surface area contributed by atoms with Gasteiger partial charge in [-0.15, -0.1) is 16.4 Å². The molecule has 0 saturated carbocycles. The van der Waals surface area contributed by atoms with Gasteiger partial charge in [0.2, 0.25) is 0 Å². The van der Waals surface area contributed by atoms with E-state index in [0.29, 0.717) is 32.0 Å². The Hall–Kier alpha value is -0.980. The number of aromatic nitrogens is 1. The minimum Gasteiger partial charge on any atom is -0.379 e. The number of thiazole rings is 1. The summed E-state index contributed by atoms with van der Waals surface area (Å²) in [5.41, 5.74) is 1.97. The lowest BCUT2D eigenvalue weighted by Gasteiger charge is -2.24. The Kier molecular flexibility index (Phi) is 3.07. The molecule has 0 unspecified atom stereocenters. The molecule has 5 nitrogen and oxygen atoms in total. The molecular formula is C8H10N2O3S. The van der Waals surface area contributed by atoms with E-state index in [1.54, 1.807) is 16.0 Å². The zero-order valence-corrected chi connectivity index (χ0v) is 8.33. The maximum Gasteiger partial charge on any atom is 0.376 e. The fourth-order valence-electron chi connectivity index (χ4n) is 1.12. The van der Waals surface area contributed by atoms with Crippen LogP contribution in [0.3, 0.4) is 0 Å². The predicted molar refractivity (Wildman–Crippen MR) is 49.9 cm³/mol. The van der Waals surface area contributed by atoms with Gasteiger partial charge in [0.1, 0.15) is 0 Å². The number of rotatable bonds is 2. The third-order valence-corrected chi connectivity index (χ3v) is 2.41. The van der Waals surface area contributed by atoms with E-state index < -0.39 is 5.97 Å². The second-order valence-electron chi connectivity index (χ2n) is 2.79. The van der Waals surface area contributed by atoms with Crippen LogP contribution in [0.4, 0.5) is 0 Å². The second-order valence-corrected chi connectivity index (χ2v) is 3.51. The van der Waals surface area contributed by atoms with Crippen LogP contribution in [0.25, 0.3) is 0 Å². The maximum atomic E-state index is 11.4. The molecule has 1 saturated heterocycles. The molecular weight excluding hydrogens is 204 g/mol. The number of nitrogens with zero attached hydrogens (tertiary/aromatic N) is 2. The molecule has 1 aliphatic heterocycles. The highest BCUT2D eigenvalue weighted by atomic mass is 32.1. The van der Waals surface area contributed by atoms with E-state index in [-0.39, 0.29) is 0 Å². The summed E-state index contributed by atoms with van der Waals surface area (Å²) in [7, 11) is 0. The third-order valence-electron chi connectivity index (χ3n) is 1.82. The monoisotopic (exact) mass is 214 g/mol. The molecule has 2 rings (SSSR count). The molecule has 0 aliphatic carbocycles. The number of morpholine rings is 1. The van der Waals surface area contributed by atoms with Crippen molar-refractivity contribution in [1.82, 2.24) is 10.0 Å². The van der Waals surface area contributed by atoms with E-state index in [1.165, 1.54) is 11.3 Å². The van der Waals surface area contributed by atoms with E-state index in [9.17, 15) is 4.79 Å². The van der Waals surface area contributed by atoms with Crippen molar-refractivity contribution in [2.45, 2.75) is 0 Å². The Balaban J connectivity index is 1.87. The van der Waals surface area contributed by atoms with E-state index in [4.69, 9.17) is 9.57 Å². The number of carbonyl (C=O) groups excluding carboxylic acids is 1. The lowest BCUT2D eigenvalue weighted by Crippen LogP contribution is -2.37. The Bertz CT molecular complexity index is 296. The van der Waals surface area contributed by atoms with E-state index in [0.717, 1.165) is 0 Å². The Morgan fingerprint density at radius 2 is 2.36 bits per heavy atom. The number of hydroxylamine groups is 2. The molecule has 0 atom stereocenters. The molecule has 1 fully saturated rings. The molecule has 2 heterocycles. The molecule has 0 aromatic carbocycles. The zero-order valence-electron chi connectivity index (χ0n) is 7.51. The van der Waals surface area contributed by atoms with Gasteiger partial charge in [0.25, 0.3) is 0 Å². The summed E-state index contributed by atoms with van der Waals surface area (Å²) in [5, 5.41) is 3.27. The third kappa shape index (κ3) is 2.28. The van der Waals surface area contributed by atoms with Crippen molar-refractivity contribution < 1.29 is 14.4 Å². The lowest BCUT2D eigenvalue weighted by atomic mass is 10.5.